The molecule has 1 unspecified atom stereocenters. The van der Waals surface area contributed by atoms with Gasteiger partial charge in [-0.1, -0.05) is 60.7 Å². The Kier molecular flexibility index (Phi) is 10.9. The number of carbonyl (C=O) groups is 1. The molecule has 2 fully saturated rings. The van der Waals surface area contributed by atoms with Crippen LogP contribution in [0.5, 0.6) is 5.75 Å². The van der Waals surface area contributed by atoms with E-state index < -0.39 is 34.8 Å². The van der Waals surface area contributed by atoms with Crippen LogP contribution in [0.2, 0.25) is 0 Å². The van der Waals surface area contributed by atoms with Gasteiger partial charge in [-0.2, -0.15) is 9.23 Å². The third-order valence-corrected chi connectivity index (χ3v) is 11.8. The van der Waals surface area contributed by atoms with E-state index >= 15 is 0 Å². The number of likely N-dealkylation sites (tertiary alicyclic amines) is 1. The maximum atomic E-state index is 14.7. The van der Waals surface area contributed by atoms with Gasteiger partial charge in [0.1, 0.15) is 18.4 Å². The Bertz CT molecular complexity index is 2300. The second kappa shape index (κ2) is 15.9. The minimum atomic E-state index is -4.59. The molecule has 0 N–H and O–H groups in total. The number of hydrogen-bond donors (Lipinski definition) is 0. The lowest BCUT2D eigenvalue weighted by Crippen LogP contribution is -2.47. The van der Waals surface area contributed by atoms with Crippen LogP contribution in [-0.4, -0.2) is 96.4 Å². The van der Waals surface area contributed by atoms with Crippen molar-refractivity contribution in [3.8, 4) is 11.8 Å². The summed E-state index contributed by atoms with van der Waals surface area (Å²) >= 11 is 0. The van der Waals surface area contributed by atoms with Crippen LogP contribution in [0.4, 0.5) is 8.78 Å². The van der Waals surface area contributed by atoms with E-state index in [-0.39, 0.29) is 39.1 Å². The van der Waals surface area contributed by atoms with Crippen molar-refractivity contribution < 1.29 is 26.7 Å². The van der Waals surface area contributed by atoms with Gasteiger partial charge in [0.2, 0.25) is 5.91 Å². The molecule has 5 aromatic rings. The number of benzene rings is 4. The Labute approximate surface area is 312 Å². The van der Waals surface area contributed by atoms with Crippen molar-refractivity contribution in [3.05, 3.63) is 130 Å². The van der Waals surface area contributed by atoms with Crippen LogP contribution in [-0.2, 0) is 21.4 Å². The summed E-state index contributed by atoms with van der Waals surface area (Å²) in [6.07, 6.45) is -1.92. The second-order valence-electron chi connectivity index (χ2n) is 13.7. The molecule has 1 amide bonds. The first kappa shape index (κ1) is 37.0. The van der Waals surface area contributed by atoms with Crippen LogP contribution in [0.25, 0.3) is 11.0 Å². The molecule has 54 heavy (non-hydrogen) atoms. The van der Waals surface area contributed by atoms with Crippen molar-refractivity contribution in [3.63, 3.8) is 0 Å². The Balaban J connectivity index is 1.16. The lowest BCUT2D eigenvalue weighted by atomic mass is 10.0. The average molecular weight is 755 g/mol. The molecule has 280 valence electrons. The van der Waals surface area contributed by atoms with Crippen LogP contribution in [0.1, 0.15) is 29.2 Å². The molecule has 0 spiro atoms. The first-order valence-corrected chi connectivity index (χ1v) is 19.3. The van der Waals surface area contributed by atoms with Crippen molar-refractivity contribution in [2.24, 2.45) is 5.92 Å². The number of aromatic nitrogens is 2. The van der Waals surface area contributed by atoms with Crippen LogP contribution in [0, 0.1) is 17.2 Å². The number of fused-ring (bicyclic) bond motifs is 1. The standard InChI is InChI=1S/C40H40F2N6O5S/c41-37(42)28-53-33-12-14-34(15-13-33)54(51,52)48-35-16-11-30(24-43)23-36(35)47(40(48)50)38(32-9-5-2-6-10-32)39(49)46-18-17-31(27-46)26-45-21-19-44(20-22-45)25-29-7-3-1-4-8-29/h1-16,23,31,37-38H,17-22,25-28H2/t31-,38?/m0/s1. The zero-order valence-corrected chi connectivity index (χ0v) is 30.3. The topological polar surface area (TPSA) is 121 Å². The van der Waals surface area contributed by atoms with Gasteiger partial charge in [0.25, 0.3) is 16.4 Å². The summed E-state index contributed by atoms with van der Waals surface area (Å²) in [6, 6.07) is 29.0. The Hall–Kier alpha value is -5.36. The Morgan fingerprint density at radius 3 is 2.19 bits per heavy atom. The molecule has 11 nitrogen and oxygen atoms in total. The number of alkyl halides is 2. The molecule has 0 saturated carbocycles. The van der Waals surface area contributed by atoms with Gasteiger partial charge in [0.05, 0.1) is 27.6 Å². The van der Waals surface area contributed by atoms with Gasteiger partial charge < -0.3 is 14.5 Å². The highest BCUT2D eigenvalue weighted by Crippen LogP contribution is 2.30. The number of halogens is 2. The summed E-state index contributed by atoms with van der Waals surface area (Å²) in [6.45, 7) is 5.64. The van der Waals surface area contributed by atoms with E-state index in [1.807, 2.05) is 12.1 Å². The SMILES string of the molecule is N#Cc1ccc2c(c1)n(C(C(=O)N1CC[C@@H](CN3CCN(Cc4ccccc4)CC3)C1)c1ccccc1)c(=O)n2S(=O)(=O)c1ccc(OCC(F)F)cc1. The zero-order chi connectivity index (χ0) is 37.8. The van der Waals surface area contributed by atoms with Gasteiger partial charge in [-0.25, -0.2) is 22.0 Å². The number of amides is 1. The molecule has 1 aromatic heterocycles. The van der Waals surface area contributed by atoms with Crippen LogP contribution in [0.15, 0.2) is 113 Å². The lowest BCUT2D eigenvalue weighted by Gasteiger charge is -2.36. The van der Waals surface area contributed by atoms with Crippen molar-refractivity contribution >= 4 is 27.0 Å². The first-order valence-electron chi connectivity index (χ1n) is 17.9. The number of nitriles is 1. The molecule has 2 aliphatic rings. The van der Waals surface area contributed by atoms with Gasteiger partial charge in [0, 0.05) is 52.4 Å². The predicted octanol–water partition coefficient (Wildman–Crippen LogP) is 4.81. The fourth-order valence-electron chi connectivity index (χ4n) is 7.44. The van der Waals surface area contributed by atoms with E-state index in [2.05, 4.69) is 34.1 Å². The van der Waals surface area contributed by atoms with E-state index in [9.17, 15) is 32.0 Å². The maximum Gasteiger partial charge on any atom is 0.344 e. The van der Waals surface area contributed by atoms with Gasteiger partial charge in [-0.05, 0) is 65.9 Å². The molecule has 4 aromatic carbocycles. The summed E-state index contributed by atoms with van der Waals surface area (Å²) in [5.74, 6) is -0.0909. The van der Waals surface area contributed by atoms with Gasteiger partial charge in [-0.15, -0.1) is 0 Å². The van der Waals surface area contributed by atoms with E-state index in [4.69, 9.17) is 4.74 Å². The highest BCUT2D eigenvalue weighted by atomic mass is 32.2. The molecule has 0 radical (unpaired) electrons. The summed E-state index contributed by atoms with van der Waals surface area (Å²) in [5.41, 5.74) is 1.06. The molecule has 2 atom stereocenters. The summed E-state index contributed by atoms with van der Waals surface area (Å²) in [4.78, 5) is 35.6. The first-order chi connectivity index (χ1) is 26.1. The molecular weight excluding hydrogens is 715 g/mol. The van der Waals surface area contributed by atoms with E-state index in [1.54, 1.807) is 35.2 Å². The minimum absolute atomic E-state index is 0.0172. The van der Waals surface area contributed by atoms with Crippen LogP contribution < -0.4 is 10.4 Å². The molecule has 14 heteroatoms. The average Bonchev–Trinajstić information content (AvgIpc) is 3.77. The van der Waals surface area contributed by atoms with Crippen molar-refractivity contribution in [2.45, 2.75) is 30.3 Å². The van der Waals surface area contributed by atoms with Crippen LogP contribution >= 0.6 is 0 Å². The summed E-state index contributed by atoms with van der Waals surface area (Å²) < 4.78 is 60.5. The van der Waals surface area contributed by atoms with Crippen LogP contribution in [0.3, 0.4) is 0 Å². The second-order valence-corrected chi connectivity index (χ2v) is 15.5. The van der Waals surface area contributed by atoms with Crippen molar-refractivity contribution in [2.75, 3.05) is 52.4 Å². The molecular formula is C40H40F2N6O5S. The zero-order valence-electron chi connectivity index (χ0n) is 29.5. The number of ether oxygens (including phenoxy) is 1. The monoisotopic (exact) mass is 754 g/mol. The number of rotatable bonds is 12. The Morgan fingerprint density at radius 2 is 1.52 bits per heavy atom. The fourth-order valence-corrected chi connectivity index (χ4v) is 8.84. The molecule has 2 saturated heterocycles. The van der Waals surface area contributed by atoms with Gasteiger partial charge >= 0.3 is 5.69 Å². The normalized spacial score (nSPS) is 17.5. The summed E-state index contributed by atoms with van der Waals surface area (Å²) in [7, 11) is -4.59. The molecule has 7 rings (SSSR count). The van der Waals surface area contributed by atoms with Crippen molar-refractivity contribution in [1.29, 1.82) is 5.26 Å². The highest BCUT2D eigenvalue weighted by molar-refractivity contribution is 7.90. The largest absolute Gasteiger partial charge is 0.488 e. The predicted molar refractivity (Wildman–Crippen MR) is 199 cm³/mol. The highest BCUT2D eigenvalue weighted by Gasteiger charge is 2.37. The number of imidazole rings is 1. The molecule has 2 aliphatic heterocycles. The fraction of sp³-hybridized carbons (Fsp3) is 0.325. The molecule has 3 heterocycles. The maximum absolute atomic E-state index is 14.7. The van der Waals surface area contributed by atoms with Gasteiger partial charge in [-0.3, -0.25) is 14.3 Å². The van der Waals surface area contributed by atoms with Gasteiger partial charge in [0.15, 0.2) is 0 Å². The lowest BCUT2D eigenvalue weighted by molar-refractivity contribution is -0.132. The number of piperazine rings is 1. The van der Waals surface area contributed by atoms with Crippen molar-refractivity contribution in [1.82, 2.24) is 23.2 Å². The number of hydrogen-bond acceptors (Lipinski definition) is 8. The molecule has 0 bridgehead atoms. The molecule has 0 aliphatic carbocycles. The number of nitrogens with zero attached hydrogens (tertiary/aromatic N) is 6. The third kappa shape index (κ3) is 7.79. The quantitative estimate of drug-likeness (QED) is 0.178. The summed E-state index contributed by atoms with van der Waals surface area (Å²) in [5, 5.41) is 9.78. The van der Waals surface area contributed by atoms with E-state index in [1.165, 1.54) is 52.6 Å². The number of carbonyl (C=O) groups excluding carboxylic acids is 1. The minimum Gasteiger partial charge on any atom is -0.488 e. The Morgan fingerprint density at radius 1 is 0.852 bits per heavy atom. The smallest absolute Gasteiger partial charge is 0.344 e. The van der Waals surface area contributed by atoms with E-state index in [0.29, 0.717) is 22.6 Å². The van der Waals surface area contributed by atoms with E-state index in [0.717, 1.165) is 45.7 Å². The third-order valence-electron chi connectivity index (χ3n) is 10.1.